The maximum absolute atomic E-state index is 14.8. The summed E-state index contributed by atoms with van der Waals surface area (Å²) in [6.07, 6.45) is -2.42. The molecule has 18 heavy (non-hydrogen) atoms. The second-order valence-corrected chi connectivity index (χ2v) is 3.40. The molecular weight excluding hydrogens is 243 g/mol. The first kappa shape index (κ1) is 10.8. The van der Waals surface area contributed by atoms with Crippen molar-refractivity contribution in [1.82, 2.24) is 0 Å². The zero-order valence-electron chi connectivity index (χ0n) is 11.3. The highest BCUT2D eigenvalue weighted by Gasteiger charge is 2.35. The van der Waals surface area contributed by atoms with Gasteiger partial charge in [-0.05, 0) is 5.56 Å². The number of carbonyl (C=O) groups is 2. The molecule has 0 unspecified atom stereocenters. The fraction of sp³-hybridized carbons (Fsp3) is 0.273. The molecule has 0 saturated carbocycles. The van der Waals surface area contributed by atoms with Crippen LogP contribution in [-0.4, -0.2) is 25.4 Å². The molecular formula is C11H13FN2O4. The lowest BCUT2D eigenvalue weighted by Crippen LogP contribution is -2.36. The van der Waals surface area contributed by atoms with Crippen molar-refractivity contribution in [2.75, 3.05) is 13.2 Å². The van der Waals surface area contributed by atoms with Crippen molar-refractivity contribution in [3.8, 4) is 0 Å². The van der Waals surface area contributed by atoms with Crippen LogP contribution in [0.2, 0.25) is 0 Å². The second kappa shape index (κ2) is 5.85. The molecule has 1 rings (SSSR count). The van der Waals surface area contributed by atoms with Crippen molar-refractivity contribution in [2.24, 2.45) is 11.5 Å². The van der Waals surface area contributed by atoms with Crippen molar-refractivity contribution in [1.29, 1.82) is 0 Å². The average Bonchev–Trinajstić information content (AvgIpc) is 2.32. The Hall–Kier alpha value is -2.31. The summed E-state index contributed by atoms with van der Waals surface area (Å²) in [6.45, 7) is -1.67. The molecule has 1 aromatic carbocycles. The molecule has 0 fully saturated rings. The van der Waals surface area contributed by atoms with Gasteiger partial charge < -0.3 is 20.9 Å². The molecule has 0 aliphatic rings. The molecule has 0 saturated heterocycles. The maximum Gasteiger partial charge on any atom is 0.404 e. The SMILES string of the molecule is [2H]c1cc([2H])cc(C(F)(COC(N)=O)COC(N)=O)c1. The highest BCUT2D eigenvalue weighted by Crippen LogP contribution is 2.27. The Bertz CT molecular complexity index is 489. The summed E-state index contributed by atoms with van der Waals surface area (Å²) in [6, 6.07) is 3.19. The second-order valence-electron chi connectivity index (χ2n) is 3.40. The van der Waals surface area contributed by atoms with Gasteiger partial charge in [-0.1, -0.05) is 30.3 Å². The minimum atomic E-state index is -2.45. The third kappa shape index (κ3) is 3.93. The summed E-state index contributed by atoms with van der Waals surface area (Å²) in [5.74, 6) is 0. The number of carbonyl (C=O) groups excluding carboxylic acids is 2. The quantitative estimate of drug-likeness (QED) is 0.823. The number of benzene rings is 1. The Morgan fingerprint density at radius 3 is 2.06 bits per heavy atom. The summed E-state index contributed by atoms with van der Waals surface area (Å²) in [4.78, 5) is 21.2. The maximum atomic E-state index is 14.8. The molecule has 6 nitrogen and oxygen atoms in total. The van der Waals surface area contributed by atoms with E-state index in [4.69, 9.17) is 14.2 Å². The van der Waals surface area contributed by atoms with Crippen molar-refractivity contribution in [3.63, 3.8) is 0 Å². The van der Waals surface area contributed by atoms with Gasteiger partial charge in [-0.15, -0.1) is 0 Å². The molecule has 0 aliphatic heterocycles. The molecule has 4 N–H and O–H groups in total. The smallest absolute Gasteiger partial charge is 0.404 e. The first-order valence-corrected chi connectivity index (χ1v) is 4.85. The number of hydrogen-bond donors (Lipinski definition) is 2. The average molecular weight is 258 g/mol. The molecule has 0 atom stereocenters. The largest absolute Gasteiger partial charge is 0.446 e. The Labute approximate surface area is 105 Å². The predicted octanol–water partition coefficient (Wildman–Crippen LogP) is 1.04. The van der Waals surface area contributed by atoms with E-state index in [0.717, 1.165) is 12.1 Å². The van der Waals surface area contributed by atoms with E-state index in [1.807, 2.05) is 0 Å². The number of alkyl halides is 1. The molecule has 1 aromatic rings. The Balaban J connectivity index is 3.06. The summed E-state index contributed by atoms with van der Waals surface area (Å²) in [5, 5.41) is 0. The number of halogens is 1. The Kier molecular flexibility index (Phi) is 3.52. The first-order chi connectivity index (χ1) is 9.23. The third-order valence-corrected chi connectivity index (χ3v) is 2.05. The van der Waals surface area contributed by atoms with E-state index in [0.29, 0.717) is 0 Å². The van der Waals surface area contributed by atoms with Crippen LogP contribution in [0.3, 0.4) is 0 Å². The van der Waals surface area contributed by atoms with E-state index in [9.17, 15) is 14.0 Å². The minimum Gasteiger partial charge on any atom is -0.446 e. The van der Waals surface area contributed by atoms with Gasteiger partial charge in [-0.2, -0.15) is 0 Å². The van der Waals surface area contributed by atoms with E-state index < -0.39 is 31.1 Å². The molecule has 0 spiro atoms. The molecule has 98 valence electrons. The van der Waals surface area contributed by atoms with Gasteiger partial charge in [0.25, 0.3) is 0 Å². The van der Waals surface area contributed by atoms with Crippen LogP contribution >= 0.6 is 0 Å². The number of hydrogen-bond acceptors (Lipinski definition) is 4. The van der Waals surface area contributed by atoms with E-state index in [1.165, 1.54) is 6.07 Å². The number of primary amides is 2. The predicted molar refractivity (Wildman–Crippen MR) is 60.3 cm³/mol. The van der Waals surface area contributed by atoms with E-state index >= 15 is 0 Å². The molecule has 0 aliphatic carbocycles. The van der Waals surface area contributed by atoms with Gasteiger partial charge in [0, 0.05) is 0 Å². The third-order valence-electron chi connectivity index (χ3n) is 2.05. The highest BCUT2D eigenvalue weighted by atomic mass is 19.1. The minimum absolute atomic E-state index is 0.118. The van der Waals surface area contributed by atoms with Gasteiger partial charge in [0.15, 0.2) is 0 Å². The van der Waals surface area contributed by atoms with Crippen LogP contribution in [0, 0.1) is 0 Å². The van der Waals surface area contributed by atoms with Crippen LogP contribution < -0.4 is 11.5 Å². The lowest BCUT2D eigenvalue weighted by atomic mass is 9.97. The van der Waals surface area contributed by atoms with Crippen molar-refractivity contribution < 1.29 is 26.2 Å². The van der Waals surface area contributed by atoms with Crippen LogP contribution in [0.5, 0.6) is 0 Å². The fourth-order valence-corrected chi connectivity index (χ4v) is 1.19. The van der Waals surface area contributed by atoms with Gasteiger partial charge in [0.1, 0.15) is 13.2 Å². The van der Waals surface area contributed by atoms with E-state index in [-0.39, 0.29) is 17.6 Å². The normalized spacial score (nSPS) is 12.3. The highest BCUT2D eigenvalue weighted by molar-refractivity contribution is 5.65. The van der Waals surface area contributed by atoms with Gasteiger partial charge in [0.2, 0.25) is 5.67 Å². The number of amides is 2. The van der Waals surface area contributed by atoms with Crippen LogP contribution in [0.1, 0.15) is 8.30 Å². The van der Waals surface area contributed by atoms with Gasteiger partial charge >= 0.3 is 12.2 Å². The molecule has 7 heteroatoms. The van der Waals surface area contributed by atoms with Crippen LogP contribution in [0.25, 0.3) is 0 Å². The Morgan fingerprint density at radius 2 is 1.67 bits per heavy atom. The lowest BCUT2D eigenvalue weighted by molar-refractivity contribution is -0.00109. The van der Waals surface area contributed by atoms with Crippen molar-refractivity contribution in [3.05, 3.63) is 35.8 Å². The van der Waals surface area contributed by atoms with Crippen LogP contribution in [-0.2, 0) is 15.1 Å². The van der Waals surface area contributed by atoms with E-state index in [1.54, 1.807) is 0 Å². The number of nitrogens with two attached hydrogens (primary N) is 2. The summed E-state index contributed by atoms with van der Waals surface area (Å²) >= 11 is 0. The molecule has 2 amide bonds. The van der Waals surface area contributed by atoms with Crippen LogP contribution in [0.4, 0.5) is 14.0 Å². The van der Waals surface area contributed by atoms with Crippen LogP contribution in [0.15, 0.2) is 30.3 Å². The molecule has 0 heterocycles. The summed E-state index contributed by atoms with van der Waals surface area (Å²) < 4.78 is 38.4. The van der Waals surface area contributed by atoms with Crippen molar-refractivity contribution in [2.45, 2.75) is 5.67 Å². The lowest BCUT2D eigenvalue weighted by Gasteiger charge is -2.24. The number of ether oxygens (including phenoxy) is 2. The monoisotopic (exact) mass is 258 g/mol. The van der Waals surface area contributed by atoms with E-state index in [2.05, 4.69) is 9.47 Å². The zero-order chi connectivity index (χ0) is 15.3. The fourth-order valence-electron chi connectivity index (χ4n) is 1.19. The topological polar surface area (TPSA) is 105 Å². The summed E-state index contributed by atoms with van der Waals surface area (Å²) in [7, 11) is 0. The zero-order valence-corrected chi connectivity index (χ0v) is 9.31. The molecule has 0 bridgehead atoms. The number of rotatable bonds is 5. The standard InChI is InChI=1S/C11H13FN2O4/c12-11(6-17-9(13)15,7-18-10(14)16)8-4-2-1-3-5-8/h1-5H,6-7H2,(H2,13,15)(H2,14,16)/i2D,3D. The first-order valence-electron chi connectivity index (χ1n) is 5.85. The Morgan fingerprint density at radius 1 is 1.22 bits per heavy atom. The van der Waals surface area contributed by atoms with Gasteiger partial charge in [-0.3, -0.25) is 0 Å². The van der Waals surface area contributed by atoms with Gasteiger partial charge in [0.05, 0.1) is 2.74 Å². The van der Waals surface area contributed by atoms with Crippen molar-refractivity contribution >= 4 is 12.2 Å². The van der Waals surface area contributed by atoms with Gasteiger partial charge in [-0.25, -0.2) is 14.0 Å². The molecule has 0 aromatic heterocycles. The molecule has 0 radical (unpaired) electrons. The summed E-state index contributed by atoms with van der Waals surface area (Å²) in [5.41, 5.74) is 6.92.